The fourth-order valence-corrected chi connectivity index (χ4v) is 4.34. The summed E-state index contributed by atoms with van der Waals surface area (Å²) in [4.78, 5) is 28.3. The molecule has 1 fully saturated rings. The molecule has 0 spiro atoms. The van der Waals surface area contributed by atoms with Crippen molar-refractivity contribution in [1.82, 2.24) is 10.2 Å². The molecule has 1 unspecified atom stereocenters. The van der Waals surface area contributed by atoms with Gasteiger partial charge in [0.2, 0.25) is 5.91 Å². The number of hydrogen-bond donors (Lipinski definition) is 2. The third kappa shape index (κ3) is 6.28. The van der Waals surface area contributed by atoms with E-state index in [4.69, 9.17) is 5.41 Å². The second kappa shape index (κ2) is 11.1. The van der Waals surface area contributed by atoms with Gasteiger partial charge >= 0.3 is 0 Å². The Morgan fingerprint density at radius 2 is 1.62 bits per heavy atom. The van der Waals surface area contributed by atoms with E-state index in [2.05, 4.69) is 12.2 Å². The Morgan fingerprint density at radius 3 is 2.19 bits per heavy atom. The third-order valence-corrected chi connectivity index (χ3v) is 6.37. The highest BCUT2D eigenvalue weighted by Crippen LogP contribution is 2.22. The first-order valence-corrected chi connectivity index (χ1v) is 11.7. The summed E-state index contributed by atoms with van der Waals surface area (Å²) in [6.45, 7) is 7.48. The number of aryl methyl sites for hydroxylation is 1. The second-order valence-corrected chi connectivity index (χ2v) is 8.98. The number of piperidine rings is 1. The van der Waals surface area contributed by atoms with Gasteiger partial charge in [-0.3, -0.25) is 9.59 Å². The fourth-order valence-electron chi connectivity index (χ4n) is 4.34. The van der Waals surface area contributed by atoms with Crippen LogP contribution in [0.3, 0.4) is 0 Å². The maximum atomic E-state index is 13.4. The number of nitrogens with zero attached hydrogens (tertiary/aromatic N) is 1. The monoisotopic (exact) mass is 433 g/mol. The van der Waals surface area contributed by atoms with Crippen LogP contribution in [-0.2, 0) is 11.2 Å². The number of hydrogen-bond acceptors (Lipinski definition) is 3. The lowest BCUT2D eigenvalue weighted by molar-refractivity contribution is -0.134. The van der Waals surface area contributed by atoms with E-state index >= 15 is 0 Å². The van der Waals surface area contributed by atoms with Crippen LogP contribution in [-0.4, -0.2) is 41.6 Å². The summed E-state index contributed by atoms with van der Waals surface area (Å²) in [6.07, 6.45) is 4.94. The summed E-state index contributed by atoms with van der Waals surface area (Å²) < 4.78 is 0. The topological polar surface area (TPSA) is 73.3 Å². The van der Waals surface area contributed by atoms with E-state index in [-0.39, 0.29) is 11.8 Å². The molecule has 5 nitrogen and oxygen atoms in total. The molecule has 2 aromatic carbocycles. The van der Waals surface area contributed by atoms with Gasteiger partial charge in [0.05, 0.1) is 0 Å². The van der Waals surface area contributed by atoms with E-state index < -0.39 is 6.04 Å². The standard InChI is InChI=1S/C27H35N3O2/c1-4-5-21-14-16-30(17-15-21)27(32)25(18-22-8-6-19(2)7-9-22)29-26(31)24-12-10-23(11-13-24)20(3)28/h6-13,21,25,28H,4-5,14-18H2,1-3H3,(H,29,31). The van der Waals surface area contributed by atoms with E-state index in [0.29, 0.717) is 23.6 Å². The minimum absolute atomic E-state index is 0.000768. The third-order valence-electron chi connectivity index (χ3n) is 6.37. The Balaban J connectivity index is 1.74. The highest BCUT2D eigenvalue weighted by atomic mass is 16.2. The van der Waals surface area contributed by atoms with E-state index in [1.165, 1.54) is 18.4 Å². The molecule has 0 saturated carbocycles. The highest BCUT2D eigenvalue weighted by molar-refractivity contribution is 6.00. The molecule has 32 heavy (non-hydrogen) atoms. The zero-order valence-electron chi connectivity index (χ0n) is 19.5. The van der Waals surface area contributed by atoms with Crippen molar-refractivity contribution in [1.29, 1.82) is 5.41 Å². The van der Waals surface area contributed by atoms with Crippen molar-refractivity contribution in [3.05, 3.63) is 70.8 Å². The molecule has 1 aliphatic rings. The van der Waals surface area contributed by atoms with Crippen molar-refractivity contribution in [3.8, 4) is 0 Å². The Kier molecular flexibility index (Phi) is 8.20. The average molecular weight is 434 g/mol. The molecule has 170 valence electrons. The van der Waals surface area contributed by atoms with Crippen molar-refractivity contribution < 1.29 is 9.59 Å². The molecule has 1 heterocycles. The van der Waals surface area contributed by atoms with Gasteiger partial charge in [-0.2, -0.15) is 0 Å². The Hall–Kier alpha value is -2.95. The molecule has 5 heteroatoms. The first-order valence-electron chi connectivity index (χ1n) is 11.7. The predicted octanol–water partition coefficient (Wildman–Crippen LogP) is 4.76. The largest absolute Gasteiger partial charge is 0.341 e. The van der Waals surface area contributed by atoms with E-state index in [1.807, 2.05) is 36.1 Å². The Labute approximate surface area is 191 Å². The van der Waals surface area contributed by atoms with Gasteiger partial charge in [-0.1, -0.05) is 61.7 Å². The SMILES string of the molecule is CCCC1CCN(C(=O)C(Cc2ccc(C)cc2)NC(=O)c2ccc(C(C)=N)cc2)CC1. The minimum Gasteiger partial charge on any atom is -0.341 e. The lowest BCUT2D eigenvalue weighted by Crippen LogP contribution is -2.51. The number of rotatable bonds is 8. The van der Waals surface area contributed by atoms with Crippen LogP contribution in [0.25, 0.3) is 0 Å². The van der Waals surface area contributed by atoms with Crippen LogP contribution in [0, 0.1) is 18.3 Å². The zero-order chi connectivity index (χ0) is 23.1. The number of benzene rings is 2. The predicted molar refractivity (Wildman–Crippen MR) is 129 cm³/mol. The molecule has 2 amide bonds. The van der Waals surface area contributed by atoms with Crippen molar-refractivity contribution in [2.45, 2.75) is 58.9 Å². The number of likely N-dealkylation sites (tertiary alicyclic amines) is 1. The number of carbonyl (C=O) groups is 2. The smallest absolute Gasteiger partial charge is 0.251 e. The van der Waals surface area contributed by atoms with Crippen LogP contribution in [0.15, 0.2) is 48.5 Å². The molecular weight excluding hydrogens is 398 g/mol. The fraction of sp³-hybridized carbons (Fsp3) is 0.444. The maximum absolute atomic E-state index is 13.4. The van der Waals surface area contributed by atoms with Gasteiger partial charge in [0.1, 0.15) is 6.04 Å². The number of nitrogens with one attached hydrogen (secondary N) is 2. The quantitative estimate of drug-likeness (QED) is 0.589. The summed E-state index contributed by atoms with van der Waals surface area (Å²) in [5.41, 5.74) is 3.93. The Bertz CT molecular complexity index is 926. The highest BCUT2D eigenvalue weighted by Gasteiger charge is 2.29. The average Bonchev–Trinajstić information content (AvgIpc) is 2.80. The minimum atomic E-state index is -0.600. The molecule has 2 N–H and O–H groups in total. The summed E-state index contributed by atoms with van der Waals surface area (Å²) >= 11 is 0. The summed E-state index contributed by atoms with van der Waals surface area (Å²) in [5, 5.41) is 10.7. The molecule has 0 aliphatic carbocycles. The summed E-state index contributed by atoms with van der Waals surface area (Å²) in [5.74, 6) is 0.441. The second-order valence-electron chi connectivity index (χ2n) is 8.98. The van der Waals surface area contributed by atoms with Crippen LogP contribution in [0.4, 0.5) is 0 Å². The lowest BCUT2D eigenvalue weighted by Gasteiger charge is -2.34. The van der Waals surface area contributed by atoms with E-state index in [9.17, 15) is 9.59 Å². The van der Waals surface area contributed by atoms with Crippen LogP contribution in [0.1, 0.15) is 66.6 Å². The zero-order valence-corrected chi connectivity index (χ0v) is 19.5. The molecule has 2 aromatic rings. The number of carbonyl (C=O) groups excluding carboxylic acids is 2. The van der Waals surface area contributed by atoms with Crippen molar-refractivity contribution in [2.24, 2.45) is 5.92 Å². The van der Waals surface area contributed by atoms with Crippen LogP contribution in [0.5, 0.6) is 0 Å². The lowest BCUT2D eigenvalue weighted by atomic mass is 9.92. The van der Waals surface area contributed by atoms with Gasteiger partial charge in [-0.15, -0.1) is 0 Å². The van der Waals surface area contributed by atoms with Crippen LogP contribution in [0.2, 0.25) is 0 Å². The molecule has 0 radical (unpaired) electrons. The van der Waals surface area contributed by atoms with Crippen LogP contribution < -0.4 is 5.32 Å². The molecule has 0 aromatic heterocycles. The summed E-state index contributed by atoms with van der Waals surface area (Å²) in [7, 11) is 0. The number of amides is 2. The van der Waals surface area contributed by atoms with Gasteiger partial charge < -0.3 is 15.6 Å². The maximum Gasteiger partial charge on any atom is 0.251 e. The van der Waals surface area contributed by atoms with Gasteiger partial charge in [0.15, 0.2) is 0 Å². The molecule has 1 saturated heterocycles. The molecule has 3 rings (SSSR count). The first-order chi connectivity index (χ1) is 15.4. The van der Waals surface area contributed by atoms with Gasteiger partial charge in [0, 0.05) is 30.8 Å². The molecule has 0 bridgehead atoms. The normalized spacial score (nSPS) is 15.3. The van der Waals surface area contributed by atoms with E-state index in [0.717, 1.165) is 37.1 Å². The van der Waals surface area contributed by atoms with Crippen molar-refractivity contribution in [2.75, 3.05) is 13.1 Å². The molecule has 1 aliphatic heterocycles. The van der Waals surface area contributed by atoms with Crippen molar-refractivity contribution in [3.63, 3.8) is 0 Å². The van der Waals surface area contributed by atoms with Gasteiger partial charge in [-0.25, -0.2) is 0 Å². The van der Waals surface area contributed by atoms with E-state index in [1.54, 1.807) is 31.2 Å². The first kappa shape index (κ1) is 23.7. The summed E-state index contributed by atoms with van der Waals surface area (Å²) in [6, 6.07) is 14.5. The van der Waals surface area contributed by atoms with Crippen molar-refractivity contribution >= 4 is 17.5 Å². The van der Waals surface area contributed by atoms with Crippen LogP contribution >= 0.6 is 0 Å². The van der Waals surface area contributed by atoms with Gasteiger partial charge in [-0.05, 0) is 55.9 Å². The van der Waals surface area contributed by atoms with Gasteiger partial charge in [0.25, 0.3) is 5.91 Å². The molecular formula is C27H35N3O2. The Morgan fingerprint density at radius 1 is 1.03 bits per heavy atom. The molecule has 1 atom stereocenters.